The van der Waals surface area contributed by atoms with Gasteiger partial charge in [-0.2, -0.15) is 0 Å². The minimum atomic E-state index is 0.172. The highest BCUT2D eigenvalue weighted by Crippen LogP contribution is 2.43. The predicted molar refractivity (Wildman–Crippen MR) is 88.0 cm³/mol. The second-order valence-corrected chi connectivity index (χ2v) is 6.73. The van der Waals surface area contributed by atoms with E-state index in [0.29, 0.717) is 18.4 Å². The Bertz CT molecular complexity index is 593. The molecule has 2 bridgehead atoms. The maximum Gasteiger partial charge on any atom is 0.223 e. The fourth-order valence-corrected chi connectivity index (χ4v) is 3.90. The van der Waals surface area contributed by atoms with Crippen LogP contribution in [-0.4, -0.2) is 37.2 Å². The third-order valence-corrected chi connectivity index (χ3v) is 5.23. The summed E-state index contributed by atoms with van der Waals surface area (Å²) >= 11 is 0. The molecule has 1 N–H and O–H groups in total. The molecule has 0 spiro atoms. The average molecular weight is 313 g/mol. The zero-order valence-corrected chi connectivity index (χ0v) is 13.3. The minimum absolute atomic E-state index is 0.172. The second-order valence-electron chi connectivity index (χ2n) is 6.73. The number of rotatable bonds is 4. The summed E-state index contributed by atoms with van der Waals surface area (Å²) in [6.45, 7) is 3.86. The molecule has 3 aliphatic rings. The Morgan fingerprint density at radius 3 is 2.78 bits per heavy atom. The van der Waals surface area contributed by atoms with Crippen molar-refractivity contribution >= 4 is 11.7 Å². The van der Waals surface area contributed by atoms with Crippen LogP contribution in [-0.2, 0) is 16.1 Å². The Kier molecular flexibility index (Phi) is 4.04. The molecule has 0 aromatic carbocycles. The van der Waals surface area contributed by atoms with E-state index in [1.54, 1.807) is 0 Å². The molecule has 4 rings (SSSR count). The summed E-state index contributed by atoms with van der Waals surface area (Å²) in [5.41, 5.74) is 1.05. The van der Waals surface area contributed by atoms with Gasteiger partial charge in [0, 0.05) is 31.7 Å². The first-order valence-corrected chi connectivity index (χ1v) is 8.53. The van der Waals surface area contributed by atoms with Gasteiger partial charge in [-0.05, 0) is 36.3 Å². The highest BCUT2D eigenvalue weighted by atomic mass is 16.5. The number of morpholine rings is 1. The van der Waals surface area contributed by atoms with Crippen molar-refractivity contribution in [3.05, 3.63) is 36.0 Å². The number of aromatic nitrogens is 1. The summed E-state index contributed by atoms with van der Waals surface area (Å²) in [5, 5.41) is 3.08. The van der Waals surface area contributed by atoms with E-state index in [2.05, 4.69) is 33.4 Å². The lowest BCUT2D eigenvalue weighted by Crippen LogP contribution is -2.36. The number of hydrogen-bond donors (Lipinski definition) is 1. The average Bonchev–Trinajstić information content (AvgIpc) is 3.24. The van der Waals surface area contributed by atoms with E-state index >= 15 is 0 Å². The number of allylic oxidation sites excluding steroid dienone is 2. The molecule has 23 heavy (non-hydrogen) atoms. The number of pyridine rings is 1. The van der Waals surface area contributed by atoms with Crippen LogP contribution in [0.3, 0.4) is 0 Å². The summed E-state index contributed by atoms with van der Waals surface area (Å²) in [6, 6.07) is 4.09. The van der Waals surface area contributed by atoms with Crippen molar-refractivity contribution in [1.29, 1.82) is 0 Å². The fraction of sp³-hybridized carbons (Fsp3) is 0.556. The SMILES string of the molecule is O=C(NCc1ccc(N2CCOCC2)nc1)[C@@H]1C[C@H]2C=C[C@H]1C2. The first kappa shape index (κ1) is 14.7. The second kappa shape index (κ2) is 6.32. The molecule has 1 aliphatic heterocycles. The molecule has 1 amide bonds. The van der Waals surface area contributed by atoms with Crippen molar-refractivity contribution in [2.75, 3.05) is 31.2 Å². The smallest absolute Gasteiger partial charge is 0.223 e. The van der Waals surface area contributed by atoms with Gasteiger partial charge in [0.15, 0.2) is 0 Å². The topological polar surface area (TPSA) is 54.5 Å². The van der Waals surface area contributed by atoms with Crippen LogP contribution in [0.15, 0.2) is 30.5 Å². The monoisotopic (exact) mass is 313 g/mol. The van der Waals surface area contributed by atoms with E-state index in [-0.39, 0.29) is 11.8 Å². The van der Waals surface area contributed by atoms with E-state index in [0.717, 1.165) is 50.5 Å². The van der Waals surface area contributed by atoms with Gasteiger partial charge in [-0.15, -0.1) is 0 Å². The van der Waals surface area contributed by atoms with Gasteiger partial charge < -0.3 is 15.0 Å². The van der Waals surface area contributed by atoms with Crippen molar-refractivity contribution in [2.24, 2.45) is 17.8 Å². The molecule has 0 unspecified atom stereocenters. The molecule has 3 atom stereocenters. The lowest BCUT2D eigenvalue weighted by atomic mass is 9.93. The zero-order valence-electron chi connectivity index (χ0n) is 13.3. The summed E-state index contributed by atoms with van der Waals surface area (Å²) in [5.74, 6) is 2.44. The van der Waals surface area contributed by atoms with E-state index < -0.39 is 0 Å². The number of carbonyl (C=O) groups is 1. The van der Waals surface area contributed by atoms with Crippen molar-refractivity contribution in [2.45, 2.75) is 19.4 Å². The van der Waals surface area contributed by atoms with Gasteiger partial charge in [0.05, 0.1) is 13.2 Å². The number of carbonyl (C=O) groups excluding carboxylic acids is 1. The molecule has 0 radical (unpaired) electrons. The fourth-order valence-electron chi connectivity index (χ4n) is 3.90. The van der Waals surface area contributed by atoms with Gasteiger partial charge in [-0.1, -0.05) is 18.2 Å². The van der Waals surface area contributed by atoms with Crippen LogP contribution >= 0.6 is 0 Å². The van der Waals surface area contributed by atoms with Crippen LogP contribution < -0.4 is 10.2 Å². The lowest BCUT2D eigenvalue weighted by Gasteiger charge is -2.27. The third-order valence-electron chi connectivity index (χ3n) is 5.23. The zero-order chi connectivity index (χ0) is 15.6. The Balaban J connectivity index is 1.30. The lowest BCUT2D eigenvalue weighted by molar-refractivity contribution is -0.125. The molecule has 2 aliphatic carbocycles. The van der Waals surface area contributed by atoms with Gasteiger partial charge in [-0.3, -0.25) is 4.79 Å². The largest absolute Gasteiger partial charge is 0.378 e. The molecule has 5 nitrogen and oxygen atoms in total. The molecule has 5 heteroatoms. The minimum Gasteiger partial charge on any atom is -0.378 e. The van der Waals surface area contributed by atoms with Crippen LogP contribution in [0.25, 0.3) is 0 Å². The number of nitrogens with one attached hydrogen (secondary N) is 1. The van der Waals surface area contributed by atoms with Gasteiger partial charge in [0.2, 0.25) is 5.91 Å². The highest BCUT2D eigenvalue weighted by Gasteiger charge is 2.39. The van der Waals surface area contributed by atoms with Crippen LogP contribution in [0.2, 0.25) is 0 Å². The molecule has 1 saturated heterocycles. The number of amides is 1. The van der Waals surface area contributed by atoms with E-state index in [9.17, 15) is 4.79 Å². The molecule has 1 aromatic heterocycles. The van der Waals surface area contributed by atoms with Crippen molar-refractivity contribution in [1.82, 2.24) is 10.3 Å². The normalized spacial score (nSPS) is 29.0. The number of nitrogens with zero attached hydrogens (tertiary/aromatic N) is 2. The first-order chi connectivity index (χ1) is 11.3. The van der Waals surface area contributed by atoms with Crippen LogP contribution in [0.1, 0.15) is 18.4 Å². The highest BCUT2D eigenvalue weighted by molar-refractivity contribution is 5.80. The first-order valence-electron chi connectivity index (χ1n) is 8.53. The molecule has 2 fully saturated rings. The van der Waals surface area contributed by atoms with E-state index in [4.69, 9.17) is 4.74 Å². The quantitative estimate of drug-likeness (QED) is 0.861. The molecular weight excluding hydrogens is 290 g/mol. The molecule has 122 valence electrons. The van der Waals surface area contributed by atoms with Crippen LogP contribution in [0, 0.1) is 17.8 Å². The number of hydrogen-bond acceptors (Lipinski definition) is 4. The summed E-state index contributed by atoms with van der Waals surface area (Å²) in [6.07, 6.45) is 8.53. The molecule has 1 saturated carbocycles. The standard InChI is InChI=1S/C18H23N3O2/c22-18(16-10-13-1-3-15(16)9-13)20-12-14-2-4-17(19-11-14)21-5-7-23-8-6-21/h1-4,11,13,15-16H,5-10,12H2,(H,20,22)/t13-,15-,16+/m0/s1. The molecule has 1 aromatic rings. The third kappa shape index (κ3) is 3.11. The van der Waals surface area contributed by atoms with Crippen molar-refractivity contribution in [3.63, 3.8) is 0 Å². The summed E-state index contributed by atoms with van der Waals surface area (Å²) in [4.78, 5) is 19.1. The Hall–Kier alpha value is -1.88. The maximum atomic E-state index is 12.3. The van der Waals surface area contributed by atoms with Crippen LogP contribution in [0.4, 0.5) is 5.82 Å². The van der Waals surface area contributed by atoms with Crippen LogP contribution in [0.5, 0.6) is 0 Å². The van der Waals surface area contributed by atoms with Gasteiger partial charge in [-0.25, -0.2) is 4.98 Å². The molecule has 2 heterocycles. The summed E-state index contributed by atoms with van der Waals surface area (Å²) in [7, 11) is 0. The summed E-state index contributed by atoms with van der Waals surface area (Å²) < 4.78 is 5.36. The number of ether oxygens (including phenoxy) is 1. The Morgan fingerprint density at radius 1 is 1.26 bits per heavy atom. The number of anilines is 1. The van der Waals surface area contributed by atoms with Gasteiger partial charge in [0.1, 0.15) is 5.82 Å². The van der Waals surface area contributed by atoms with Crippen molar-refractivity contribution in [3.8, 4) is 0 Å². The van der Waals surface area contributed by atoms with Gasteiger partial charge in [0.25, 0.3) is 0 Å². The predicted octanol–water partition coefficient (Wildman–Crippen LogP) is 1.75. The maximum absolute atomic E-state index is 12.3. The Labute approximate surface area is 136 Å². The van der Waals surface area contributed by atoms with Gasteiger partial charge >= 0.3 is 0 Å². The van der Waals surface area contributed by atoms with E-state index in [1.165, 1.54) is 0 Å². The Morgan fingerprint density at radius 2 is 2.13 bits per heavy atom. The van der Waals surface area contributed by atoms with E-state index in [1.807, 2.05) is 12.3 Å². The molecular formula is C18H23N3O2. The van der Waals surface area contributed by atoms with Crippen molar-refractivity contribution < 1.29 is 9.53 Å². The number of fused-ring (bicyclic) bond motifs is 2.